The molecule has 0 radical (unpaired) electrons. The number of hydrogen-bond acceptors (Lipinski definition) is 3. The largest absolute Gasteiger partial charge is 0.227 e. The van der Waals surface area contributed by atoms with Crippen LogP contribution in [-0.4, -0.2) is 11.2 Å². The van der Waals surface area contributed by atoms with Crippen LogP contribution < -0.4 is 0 Å². The van der Waals surface area contributed by atoms with Crippen LogP contribution in [0.5, 0.6) is 0 Å². The first-order chi connectivity index (χ1) is 12.4. The second kappa shape index (κ2) is 7.24. The van der Waals surface area contributed by atoms with E-state index in [9.17, 15) is 0 Å². The van der Waals surface area contributed by atoms with Crippen molar-refractivity contribution >= 4 is 22.7 Å². The van der Waals surface area contributed by atoms with Crippen LogP contribution in [-0.2, 0) is 0 Å². The first-order valence-electron chi connectivity index (χ1n) is 8.11. The maximum absolute atomic E-state index is 4.79. The quantitative estimate of drug-likeness (QED) is 0.404. The average Bonchev–Trinajstić information content (AvgIpc) is 3.13. The number of hydrogen-bond donors (Lipinski definition) is 0. The maximum Gasteiger partial charge on any atom is 0.210 e. The molecule has 3 aromatic carbocycles. The lowest BCUT2D eigenvalue weighted by atomic mass is 10.1. The molecule has 0 amide bonds. The lowest BCUT2D eigenvalue weighted by Crippen LogP contribution is -1.81. The van der Waals surface area contributed by atoms with Gasteiger partial charge in [0.1, 0.15) is 0 Å². The number of aromatic nitrogens is 1. The monoisotopic (exact) mass is 340 g/mol. The van der Waals surface area contributed by atoms with Crippen LogP contribution in [0.2, 0.25) is 0 Å². The van der Waals surface area contributed by atoms with E-state index >= 15 is 0 Å². The molecule has 1 aromatic heterocycles. The van der Waals surface area contributed by atoms with Crippen LogP contribution in [0.1, 0.15) is 5.56 Å². The fraction of sp³-hybridized carbons (Fsp3) is 0. The van der Waals surface area contributed by atoms with E-state index in [-0.39, 0.29) is 0 Å². The number of nitrogens with zero attached hydrogens (tertiary/aromatic N) is 2. The zero-order chi connectivity index (χ0) is 16.9. The first kappa shape index (κ1) is 15.5. The van der Waals surface area contributed by atoms with Gasteiger partial charge in [-0.1, -0.05) is 102 Å². The molecular weight excluding hydrogens is 324 g/mol. The third-order valence-corrected chi connectivity index (χ3v) is 4.84. The molecular formula is C22H16N2S. The van der Waals surface area contributed by atoms with Crippen LogP contribution in [0.25, 0.3) is 21.7 Å². The standard InChI is InChI=1S/C22H16N2S/c1-4-10-17(11-5-1)16-23-22-24-20(18-12-6-2-7-13-18)21(25-22)19-14-8-3-9-15-19/h1-16H. The zero-order valence-electron chi connectivity index (χ0n) is 13.5. The van der Waals surface area contributed by atoms with Gasteiger partial charge in [0.15, 0.2) is 0 Å². The van der Waals surface area contributed by atoms with Gasteiger partial charge < -0.3 is 0 Å². The van der Waals surface area contributed by atoms with Crippen molar-refractivity contribution < 1.29 is 0 Å². The molecule has 0 aliphatic rings. The highest BCUT2D eigenvalue weighted by Crippen LogP contribution is 2.39. The second-order valence-electron chi connectivity index (χ2n) is 5.58. The maximum atomic E-state index is 4.79. The van der Waals surface area contributed by atoms with Crippen molar-refractivity contribution in [2.75, 3.05) is 0 Å². The van der Waals surface area contributed by atoms with Crippen molar-refractivity contribution in [3.63, 3.8) is 0 Å². The van der Waals surface area contributed by atoms with Gasteiger partial charge in [-0.2, -0.15) is 0 Å². The summed E-state index contributed by atoms with van der Waals surface area (Å²) in [6.07, 6.45) is 1.86. The minimum absolute atomic E-state index is 0.765. The molecule has 4 rings (SSSR count). The normalized spacial score (nSPS) is 11.0. The molecule has 0 aliphatic carbocycles. The molecule has 0 N–H and O–H groups in total. The van der Waals surface area contributed by atoms with Crippen LogP contribution in [0.15, 0.2) is 96.0 Å². The van der Waals surface area contributed by atoms with Crippen molar-refractivity contribution in [2.24, 2.45) is 4.99 Å². The molecule has 0 fully saturated rings. The number of aliphatic imine (C=N–C) groups is 1. The van der Waals surface area contributed by atoms with Crippen molar-refractivity contribution in [3.05, 3.63) is 96.6 Å². The van der Waals surface area contributed by atoms with Gasteiger partial charge in [0.2, 0.25) is 5.13 Å². The molecule has 0 atom stereocenters. The molecule has 25 heavy (non-hydrogen) atoms. The Bertz CT molecular complexity index is 917. The predicted octanol–water partition coefficient (Wildman–Crippen LogP) is 6.23. The average molecular weight is 340 g/mol. The summed E-state index contributed by atoms with van der Waals surface area (Å²) in [5, 5.41) is 0.765. The van der Waals surface area contributed by atoms with E-state index in [4.69, 9.17) is 4.98 Å². The van der Waals surface area contributed by atoms with Gasteiger partial charge in [0, 0.05) is 11.8 Å². The number of rotatable bonds is 4. The summed E-state index contributed by atoms with van der Waals surface area (Å²) in [6.45, 7) is 0. The third-order valence-electron chi connectivity index (χ3n) is 3.82. The Morgan fingerprint density at radius 1 is 0.680 bits per heavy atom. The Labute approximate surface area is 151 Å². The lowest BCUT2D eigenvalue weighted by molar-refractivity contribution is 1.36. The molecule has 4 aromatic rings. The number of thiazole rings is 1. The summed E-state index contributed by atoms with van der Waals surface area (Å²) in [5.74, 6) is 0. The van der Waals surface area contributed by atoms with Gasteiger partial charge in [-0.15, -0.1) is 0 Å². The Balaban J connectivity index is 1.77. The van der Waals surface area contributed by atoms with E-state index < -0.39 is 0 Å². The molecule has 0 bridgehead atoms. The van der Waals surface area contributed by atoms with Gasteiger partial charge in [0.05, 0.1) is 10.6 Å². The van der Waals surface area contributed by atoms with Gasteiger partial charge in [0.25, 0.3) is 0 Å². The molecule has 0 saturated heterocycles. The summed E-state index contributed by atoms with van der Waals surface area (Å²) in [6, 6.07) is 30.7. The zero-order valence-corrected chi connectivity index (χ0v) is 14.4. The highest BCUT2D eigenvalue weighted by Gasteiger charge is 2.14. The van der Waals surface area contributed by atoms with E-state index in [0.29, 0.717) is 0 Å². The van der Waals surface area contributed by atoms with Crippen molar-refractivity contribution in [1.29, 1.82) is 0 Å². The topological polar surface area (TPSA) is 25.2 Å². The van der Waals surface area contributed by atoms with Crippen molar-refractivity contribution in [1.82, 2.24) is 4.98 Å². The lowest BCUT2D eigenvalue weighted by Gasteiger charge is -2.02. The van der Waals surface area contributed by atoms with Crippen molar-refractivity contribution in [3.8, 4) is 21.7 Å². The molecule has 0 spiro atoms. The summed E-state index contributed by atoms with van der Waals surface area (Å²) in [5.41, 5.74) is 4.33. The van der Waals surface area contributed by atoms with E-state index in [1.807, 2.05) is 60.8 Å². The van der Waals surface area contributed by atoms with Crippen LogP contribution in [0.3, 0.4) is 0 Å². The summed E-state index contributed by atoms with van der Waals surface area (Å²) in [7, 11) is 0. The van der Waals surface area contributed by atoms with Gasteiger partial charge in [-0.3, -0.25) is 0 Å². The highest BCUT2D eigenvalue weighted by molar-refractivity contribution is 7.19. The van der Waals surface area contributed by atoms with E-state index in [0.717, 1.165) is 26.8 Å². The van der Waals surface area contributed by atoms with Crippen LogP contribution in [0.4, 0.5) is 5.13 Å². The predicted molar refractivity (Wildman–Crippen MR) is 107 cm³/mol. The minimum atomic E-state index is 0.765. The van der Waals surface area contributed by atoms with Gasteiger partial charge in [-0.25, -0.2) is 9.98 Å². The van der Waals surface area contributed by atoms with Gasteiger partial charge >= 0.3 is 0 Å². The van der Waals surface area contributed by atoms with Crippen LogP contribution in [0, 0.1) is 0 Å². The fourth-order valence-electron chi connectivity index (χ4n) is 2.61. The molecule has 1 heterocycles. The Morgan fingerprint density at radius 2 is 1.24 bits per heavy atom. The summed E-state index contributed by atoms with van der Waals surface area (Å²) in [4.78, 5) is 10.5. The molecule has 3 heteroatoms. The smallest absolute Gasteiger partial charge is 0.210 e. The number of benzene rings is 3. The molecule has 0 unspecified atom stereocenters. The SMILES string of the molecule is C(=Nc1nc(-c2ccccc2)c(-c2ccccc2)s1)c1ccccc1. The molecule has 0 aliphatic heterocycles. The fourth-order valence-corrected chi connectivity index (χ4v) is 3.55. The second-order valence-corrected chi connectivity index (χ2v) is 6.55. The summed E-state index contributed by atoms with van der Waals surface area (Å²) >= 11 is 1.62. The van der Waals surface area contributed by atoms with E-state index in [2.05, 4.69) is 41.4 Å². The van der Waals surface area contributed by atoms with E-state index in [1.165, 1.54) is 5.56 Å². The Morgan fingerprint density at radius 3 is 1.88 bits per heavy atom. The first-order valence-corrected chi connectivity index (χ1v) is 8.92. The van der Waals surface area contributed by atoms with Crippen LogP contribution >= 0.6 is 11.3 Å². The van der Waals surface area contributed by atoms with Crippen molar-refractivity contribution in [2.45, 2.75) is 0 Å². The highest BCUT2D eigenvalue weighted by atomic mass is 32.1. The Hall–Kier alpha value is -3.04. The molecule has 0 saturated carbocycles. The van der Waals surface area contributed by atoms with Gasteiger partial charge in [-0.05, 0) is 11.1 Å². The molecule has 120 valence electrons. The summed E-state index contributed by atoms with van der Waals surface area (Å²) < 4.78 is 0. The Kier molecular flexibility index (Phi) is 4.49. The molecule has 2 nitrogen and oxygen atoms in total. The third kappa shape index (κ3) is 3.57. The van der Waals surface area contributed by atoms with E-state index in [1.54, 1.807) is 11.3 Å². The minimum Gasteiger partial charge on any atom is -0.227 e.